The summed E-state index contributed by atoms with van der Waals surface area (Å²) in [7, 11) is 0. The lowest BCUT2D eigenvalue weighted by Crippen LogP contribution is -2.48. The Morgan fingerprint density at radius 2 is 2.08 bits per heavy atom. The Morgan fingerprint density at radius 3 is 2.79 bits per heavy atom. The Labute approximate surface area is 144 Å². The van der Waals surface area contributed by atoms with Gasteiger partial charge in [0, 0.05) is 49.6 Å². The second-order valence-electron chi connectivity index (χ2n) is 5.54. The summed E-state index contributed by atoms with van der Waals surface area (Å²) in [4.78, 5) is 30.6. The fourth-order valence-electron chi connectivity index (χ4n) is 2.55. The Hall–Kier alpha value is -2.41. The van der Waals surface area contributed by atoms with Gasteiger partial charge in [0.15, 0.2) is 0 Å². The van der Waals surface area contributed by atoms with Crippen LogP contribution in [-0.4, -0.2) is 58.4 Å². The van der Waals surface area contributed by atoms with Gasteiger partial charge >= 0.3 is 0 Å². The van der Waals surface area contributed by atoms with E-state index in [0.717, 1.165) is 12.0 Å². The molecular weight excluding hydrogens is 332 g/mol. The molecule has 1 aromatic heterocycles. The van der Waals surface area contributed by atoms with Gasteiger partial charge in [0.25, 0.3) is 0 Å². The van der Waals surface area contributed by atoms with Crippen LogP contribution in [0.5, 0.6) is 0 Å². The third-order valence-corrected chi connectivity index (χ3v) is 4.15. The Balaban J connectivity index is 1.54. The molecular formula is C16H17ClN4O3. The second kappa shape index (κ2) is 7.44. The summed E-state index contributed by atoms with van der Waals surface area (Å²) in [5.74, 6) is 0.910. The largest absolute Gasteiger partial charge is 0.342 e. The highest BCUT2D eigenvalue weighted by atomic mass is 35.5. The normalized spacial score (nSPS) is 14.7. The predicted molar refractivity (Wildman–Crippen MR) is 87.3 cm³/mol. The van der Waals surface area contributed by atoms with Crippen LogP contribution in [0.4, 0.5) is 0 Å². The van der Waals surface area contributed by atoms with Gasteiger partial charge in [0.1, 0.15) is 0 Å². The van der Waals surface area contributed by atoms with Gasteiger partial charge in [0.05, 0.1) is 0 Å². The number of carbonyl (C=O) groups excluding carboxylic acids is 2. The lowest BCUT2D eigenvalue weighted by molar-refractivity contribution is -0.135. The van der Waals surface area contributed by atoms with Gasteiger partial charge in [-0.15, -0.1) is 0 Å². The van der Waals surface area contributed by atoms with Gasteiger partial charge in [-0.1, -0.05) is 28.9 Å². The number of halogens is 1. The Kier molecular flexibility index (Phi) is 5.10. The molecule has 126 valence electrons. The van der Waals surface area contributed by atoms with Crippen LogP contribution in [0.25, 0.3) is 11.4 Å². The molecule has 3 rings (SSSR count). The summed E-state index contributed by atoms with van der Waals surface area (Å²) in [6, 6.07) is 7.19. The van der Waals surface area contributed by atoms with Crippen molar-refractivity contribution in [3.63, 3.8) is 0 Å². The molecule has 0 aliphatic carbocycles. The average molecular weight is 349 g/mol. The fraction of sp³-hybridized carbons (Fsp3) is 0.375. The monoisotopic (exact) mass is 348 g/mol. The lowest BCUT2D eigenvalue weighted by Gasteiger charge is -2.32. The number of aryl methyl sites for hydroxylation is 1. The number of carbonyl (C=O) groups is 2. The Morgan fingerprint density at radius 1 is 1.29 bits per heavy atom. The van der Waals surface area contributed by atoms with E-state index in [4.69, 9.17) is 16.1 Å². The first-order valence-electron chi connectivity index (χ1n) is 7.71. The van der Waals surface area contributed by atoms with Crippen molar-refractivity contribution in [1.82, 2.24) is 19.9 Å². The van der Waals surface area contributed by atoms with Crippen molar-refractivity contribution in [3.05, 3.63) is 35.2 Å². The molecule has 0 unspecified atom stereocenters. The van der Waals surface area contributed by atoms with Crippen LogP contribution in [0, 0.1) is 0 Å². The van der Waals surface area contributed by atoms with E-state index in [1.807, 2.05) is 12.1 Å². The topological polar surface area (TPSA) is 79.5 Å². The predicted octanol–water partition coefficient (Wildman–Crippen LogP) is 1.62. The van der Waals surface area contributed by atoms with Crippen LogP contribution in [0.2, 0.25) is 5.02 Å². The minimum atomic E-state index is 0.0306. The third kappa shape index (κ3) is 3.91. The van der Waals surface area contributed by atoms with Crippen LogP contribution >= 0.6 is 11.6 Å². The molecule has 1 saturated heterocycles. The maximum absolute atomic E-state index is 12.2. The van der Waals surface area contributed by atoms with Crippen molar-refractivity contribution in [1.29, 1.82) is 0 Å². The molecule has 1 fully saturated rings. The average Bonchev–Trinajstić information content (AvgIpc) is 3.09. The fourth-order valence-corrected chi connectivity index (χ4v) is 2.74. The summed E-state index contributed by atoms with van der Waals surface area (Å²) in [5, 5.41) is 4.52. The minimum Gasteiger partial charge on any atom is -0.342 e. The zero-order valence-electron chi connectivity index (χ0n) is 13.0. The maximum atomic E-state index is 12.2. The summed E-state index contributed by atoms with van der Waals surface area (Å²) in [6.45, 7) is 2.29. The number of piperazine rings is 1. The van der Waals surface area contributed by atoms with Crippen LogP contribution in [0.1, 0.15) is 12.3 Å². The summed E-state index contributed by atoms with van der Waals surface area (Å²) < 4.78 is 5.20. The number of aromatic nitrogens is 2. The van der Waals surface area contributed by atoms with Crippen molar-refractivity contribution in [2.45, 2.75) is 12.8 Å². The molecule has 0 radical (unpaired) electrons. The van der Waals surface area contributed by atoms with E-state index in [2.05, 4.69) is 10.1 Å². The van der Waals surface area contributed by atoms with Gasteiger partial charge < -0.3 is 14.3 Å². The first kappa shape index (κ1) is 16.4. The van der Waals surface area contributed by atoms with Gasteiger partial charge in [-0.3, -0.25) is 9.59 Å². The molecule has 24 heavy (non-hydrogen) atoms. The van der Waals surface area contributed by atoms with Gasteiger partial charge in [-0.2, -0.15) is 4.98 Å². The molecule has 0 atom stereocenters. The van der Waals surface area contributed by atoms with E-state index in [-0.39, 0.29) is 5.91 Å². The molecule has 2 heterocycles. The van der Waals surface area contributed by atoms with E-state index < -0.39 is 0 Å². The number of hydrogen-bond acceptors (Lipinski definition) is 5. The third-order valence-electron chi connectivity index (χ3n) is 3.92. The van der Waals surface area contributed by atoms with Crippen molar-refractivity contribution in [2.24, 2.45) is 0 Å². The number of amides is 2. The maximum Gasteiger partial charge on any atom is 0.227 e. The van der Waals surface area contributed by atoms with E-state index in [0.29, 0.717) is 55.8 Å². The first-order valence-corrected chi connectivity index (χ1v) is 8.09. The quantitative estimate of drug-likeness (QED) is 0.767. The standard InChI is InChI=1S/C16H17ClN4O3/c17-13-3-1-2-12(10-13)16-18-14(24-19-16)4-5-15(23)21-8-6-20(11-22)7-9-21/h1-3,10-11H,4-9H2. The molecule has 1 aliphatic heterocycles. The summed E-state index contributed by atoms with van der Waals surface area (Å²) in [5.41, 5.74) is 0.772. The Bertz CT molecular complexity index is 726. The van der Waals surface area contributed by atoms with Gasteiger partial charge in [0.2, 0.25) is 24.0 Å². The number of rotatable bonds is 5. The number of nitrogens with zero attached hydrogens (tertiary/aromatic N) is 4. The summed E-state index contributed by atoms with van der Waals surface area (Å²) in [6.07, 6.45) is 1.51. The van der Waals surface area contributed by atoms with E-state index in [9.17, 15) is 9.59 Å². The lowest BCUT2D eigenvalue weighted by atomic mass is 10.2. The molecule has 8 heteroatoms. The molecule has 2 amide bonds. The van der Waals surface area contributed by atoms with E-state index in [1.165, 1.54) is 0 Å². The number of benzene rings is 1. The van der Waals surface area contributed by atoms with Crippen molar-refractivity contribution < 1.29 is 14.1 Å². The van der Waals surface area contributed by atoms with Crippen LogP contribution in [0.3, 0.4) is 0 Å². The summed E-state index contributed by atoms with van der Waals surface area (Å²) >= 11 is 5.95. The molecule has 0 N–H and O–H groups in total. The first-order chi connectivity index (χ1) is 11.7. The highest BCUT2D eigenvalue weighted by Crippen LogP contribution is 2.20. The smallest absolute Gasteiger partial charge is 0.227 e. The van der Waals surface area contributed by atoms with Gasteiger partial charge in [-0.05, 0) is 12.1 Å². The minimum absolute atomic E-state index is 0.0306. The number of hydrogen-bond donors (Lipinski definition) is 0. The second-order valence-corrected chi connectivity index (χ2v) is 5.98. The van der Waals surface area contributed by atoms with Gasteiger partial charge in [-0.25, -0.2) is 0 Å². The van der Waals surface area contributed by atoms with E-state index >= 15 is 0 Å². The van der Waals surface area contributed by atoms with Crippen LogP contribution in [-0.2, 0) is 16.0 Å². The van der Waals surface area contributed by atoms with Crippen molar-refractivity contribution in [3.8, 4) is 11.4 Å². The molecule has 0 saturated carbocycles. The van der Waals surface area contributed by atoms with Crippen LogP contribution < -0.4 is 0 Å². The highest BCUT2D eigenvalue weighted by molar-refractivity contribution is 6.30. The van der Waals surface area contributed by atoms with Crippen LogP contribution in [0.15, 0.2) is 28.8 Å². The molecule has 1 aromatic carbocycles. The molecule has 2 aromatic rings. The molecule has 1 aliphatic rings. The molecule has 7 nitrogen and oxygen atoms in total. The SMILES string of the molecule is O=CN1CCN(C(=O)CCc2nc(-c3cccc(Cl)c3)no2)CC1. The molecule has 0 bridgehead atoms. The molecule has 0 spiro atoms. The zero-order valence-corrected chi connectivity index (χ0v) is 13.8. The van der Waals surface area contributed by atoms with Crippen molar-refractivity contribution >= 4 is 23.9 Å². The van der Waals surface area contributed by atoms with Crippen molar-refractivity contribution in [2.75, 3.05) is 26.2 Å². The van der Waals surface area contributed by atoms with E-state index in [1.54, 1.807) is 21.9 Å². The highest BCUT2D eigenvalue weighted by Gasteiger charge is 2.20. The zero-order chi connectivity index (χ0) is 16.9.